The molecule has 0 radical (unpaired) electrons. The molecule has 0 spiro atoms. The molecule has 3 nitrogen and oxygen atoms in total. The van der Waals surface area contributed by atoms with Crippen LogP contribution in [0.25, 0.3) is 0 Å². The summed E-state index contributed by atoms with van der Waals surface area (Å²) in [6, 6.07) is 11.6. The highest BCUT2D eigenvalue weighted by Crippen LogP contribution is 2.46. The number of hydrogen-bond acceptors (Lipinski definition) is 2. The first-order valence-electron chi connectivity index (χ1n) is 8.76. The highest BCUT2D eigenvalue weighted by molar-refractivity contribution is 5.84. The predicted molar refractivity (Wildman–Crippen MR) is 93.0 cm³/mol. The lowest BCUT2D eigenvalue weighted by Crippen LogP contribution is -2.52. The van der Waals surface area contributed by atoms with E-state index in [1.165, 1.54) is 0 Å². The minimum atomic E-state index is -4.74. The van der Waals surface area contributed by atoms with E-state index in [0.29, 0.717) is 12.6 Å². The lowest BCUT2D eigenvalue weighted by Gasteiger charge is -2.30. The van der Waals surface area contributed by atoms with Crippen LogP contribution in [0.2, 0.25) is 0 Å². The lowest BCUT2D eigenvalue weighted by molar-refractivity contribution is -0.218. The van der Waals surface area contributed by atoms with Crippen molar-refractivity contribution in [1.82, 2.24) is 10.2 Å². The number of carbonyl (C=O) groups excluding carboxylic acids is 1. The monoisotopic (exact) mass is 398 g/mol. The number of carbonyl (C=O) groups is 1. The van der Waals surface area contributed by atoms with Crippen molar-refractivity contribution in [2.24, 2.45) is 5.41 Å². The molecular weight excluding hydrogens is 379 g/mol. The zero-order valence-electron chi connectivity index (χ0n) is 14.9. The minimum Gasteiger partial charge on any atom is -0.351 e. The average molecular weight is 398 g/mol. The molecule has 2 aromatic rings. The summed E-state index contributed by atoms with van der Waals surface area (Å²) in [6.07, 6.45) is -5.11. The van der Waals surface area contributed by atoms with Crippen molar-refractivity contribution in [2.75, 3.05) is 13.1 Å². The zero-order valence-corrected chi connectivity index (χ0v) is 14.9. The van der Waals surface area contributed by atoms with E-state index in [0.717, 1.165) is 17.7 Å². The van der Waals surface area contributed by atoms with Crippen LogP contribution in [0.4, 0.5) is 22.0 Å². The third-order valence-corrected chi connectivity index (χ3v) is 4.95. The van der Waals surface area contributed by atoms with E-state index in [4.69, 9.17) is 0 Å². The largest absolute Gasteiger partial charge is 0.404 e. The van der Waals surface area contributed by atoms with Crippen molar-refractivity contribution < 1.29 is 26.7 Å². The number of nitrogens with zero attached hydrogens (tertiary/aromatic N) is 1. The Morgan fingerprint density at radius 1 is 1.04 bits per heavy atom. The third kappa shape index (κ3) is 4.32. The molecule has 3 rings (SSSR count). The van der Waals surface area contributed by atoms with Gasteiger partial charge in [0.25, 0.3) is 0 Å². The summed E-state index contributed by atoms with van der Waals surface area (Å²) >= 11 is 0. The Balaban J connectivity index is 1.72. The molecule has 0 aliphatic carbocycles. The van der Waals surface area contributed by atoms with Gasteiger partial charge in [0, 0.05) is 25.7 Å². The fourth-order valence-electron chi connectivity index (χ4n) is 3.48. The van der Waals surface area contributed by atoms with Crippen LogP contribution in [0, 0.1) is 17.0 Å². The number of benzene rings is 2. The smallest absolute Gasteiger partial charge is 0.351 e. The van der Waals surface area contributed by atoms with E-state index in [9.17, 15) is 26.7 Å². The molecule has 0 saturated carbocycles. The van der Waals surface area contributed by atoms with E-state index < -0.39 is 35.7 Å². The number of halogens is 5. The Hall–Kier alpha value is -2.48. The van der Waals surface area contributed by atoms with Gasteiger partial charge in [-0.25, -0.2) is 8.78 Å². The summed E-state index contributed by atoms with van der Waals surface area (Å²) < 4.78 is 67.9. The molecule has 0 bridgehead atoms. The molecule has 0 aromatic heterocycles. The molecule has 1 amide bonds. The van der Waals surface area contributed by atoms with Gasteiger partial charge in [-0.2, -0.15) is 13.2 Å². The van der Waals surface area contributed by atoms with Crippen LogP contribution in [0.1, 0.15) is 17.5 Å². The summed E-state index contributed by atoms with van der Waals surface area (Å²) in [5.41, 5.74) is -1.63. The van der Waals surface area contributed by atoms with Crippen molar-refractivity contribution in [2.45, 2.75) is 25.7 Å². The minimum absolute atomic E-state index is 0.0577. The van der Waals surface area contributed by atoms with Gasteiger partial charge in [-0.05, 0) is 36.2 Å². The predicted octanol–water partition coefficient (Wildman–Crippen LogP) is 4.04. The molecular formula is C20H19F5N2O. The van der Waals surface area contributed by atoms with Gasteiger partial charge in [0.05, 0.1) is 0 Å². The highest BCUT2D eigenvalue weighted by atomic mass is 19.4. The number of likely N-dealkylation sites (tertiary alicyclic amines) is 1. The van der Waals surface area contributed by atoms with Crippen molar-refractivity contribution >= 4 is 5.91 Å². The normalized spacial score (nSPS) is 20.3. The van der Waals surface area contributed by atoms with Gasteiger partial charge in [-0.15, -0.1) is 0 Å². The quantitative estimate of drug-likeness (QED) is 0.772. The Morgan fingerprint density at radius 2 is 1.68 bits per heavy atom. The van der Waals surface area contributed by atoms with E-state index >= 15 is 0 Å². The van der Waals surface area contributed by atoms with E-state index in [1.54, 1.807) is 17.0 Å². The molecule has 1 aliphatic rings. The van der Waals surface area contributed by atoms with Crippen molar-refractivity contribution in [3.8, 4) is 0 Å². The first-order valence-corrected chi connectivity index (χ1v) is 8.76. The zero-order chi connectivity index (χ0) is 20.4. The molecule has 1 atom stereocenters. The Bertz CT molecular complexity index is 820. The third-order valence-electron chi connectivity index (χ3n) is 4.95. The van der Waals surface area contributed by atoms with Gasteiger partial charge < -0.3 is 5.32 Å². The first-order chi connectivity index (χ1) is 13.2. The van der Waals surface area contributed by atoms with Crippen LogP contribution in [0.3, 0.4) is 0 Å². The average Bonchev–Trinajstić information content (AvgIpc) is 3.05. The molecule has 1 fully saturated rings. The van der Waals surface area contributed by atoms with E-state index in [-0.39, 0.29) is 25.1 Å². The lowest BCUT2D eigenvalue weighted by atomic mass is 9.85. The van der Waals surface area contributed by atoms with Crippen LogP contribution in [-0.4, -0.2) is 30.1 Å². The topological polar surface area (TPSA) is 32.3 Å². The van der Waals surface area contributed by atoms with Crippen LogP contribution >= 0.6 is 0 Å². The first kappa shape index (κ1) is 20.3. The van der Waals surface area contributed by atoms with E-state index in [1.807, 2.05) is 18.2 Å². The number of amides is 1. The molecule has 1 aliphatic heterocycles. The van der Waals surface area contributed by atoms with Gasteiger partial charge in [0.2, 0.25) is 5.91 Å². The second kappa shape index (κ2) is 7.87. The molecule has 2 aromatic carbocycles. The maximum Gasteiger partial charge on any atom is 0.404 e. The molecule has 1 saturated heterocycles. The maximum atomic E-state index is 13.8. The Kier molecular flexibility index (Phi) is 5.69. The maximum absolute atomic E-state index is 13.8. The highest BCUT2D eigenvalue weighted by Gasteiger charge is 2.62. The van der Waals surface area contributed by atoms with Crippen LogP contribution in [0.5, 0.6) is 0 Å². The number of alkyl halides is 3. The van der Waals surface area contributed by atoms with Crippen molar-refractivity contribution in [3.05, 3.63) is 71.3 Å². The van der Waals surface area contributed by atoms with E-state index in [2.05, 4.69) is 5.32 Å². The van der Waals surface area contributed by atoms with Gasteiger partial charge in [-0.3, -0.25) is 9.69 Å². The summed E-state index contributed by atoms with van der Waals surface area (Å²) in [4.78, 5) is 14.1. The molecule has 150 valence electrons. The number of hydrogen-bond donors (Lipinski definition) is 1. The van der Waals surface area contributed by atoms with Gasteiger partial charge in [-0.1, -0.05) is 30.3 Å². The second-order valence-corrected chi connectivity index (χ2v) is 6.99. The summed E-state index contributed by atoms with van der Waals surface area (Å²) in [5, 5.41) is 2.21. The molecule has 1 N–H and O–H groups in total. The Morgan fingerprint density at radius 3 is 2.29 bits per heavy atom. The summed E-state index contributed by atoms with van der Waals surface area (Å²) in [6.45, 7) is -0.420. The van der Waals surface area contributed by atoms with Crippen molar-refractivity contribution in [1.29, 1.82) is 0 Å². The van der Waals surface area contributed by atoms with Crippen LogP contribution in [0.15, 0.2) is 48.5 Å². The van der Waals surface area contributed by atoms with Gasteiger partial charge in [0.15, 0.2) is 5.41 Å². The fourth-order valence-corrected chi connectivity index (χ4v) is 3.48. The van der Waals surface area contributed by atoms with Crippen molar-refractivity contribution in [3.63, 3.8) is 0 Å². The summed E-state index contributed by atoms with van der Waals surface area (Å²) in [5.74, 6) is -2.89. The van der Waals surface area contributed by atoms with Gasteiger partial charge >= 0.3 is 6.18 Å². The van der Waals surface area contributed by atoms with Gasteiger partial charge in [0.1, 0.15) is 11.6 Å². The molecule has 8 heteroatoms. The number of nitrogens with one attached hydrogen (secondary N) is 1. The molecule has 28 heavy (non-hydrogen) atoms. The fraction of sp³-hybridized carbons (Fsp3) is 0.350. The van der Waals surface area contributed by atoms with Crippen LogP contribution < -0.4 is 5.32 Å². The van der Waals surface area contributed by atoms with Crippen LogP contribution in [-0.2, 0) is 17.9 Å². The Labute approximate surface area is 159 Å². The SMILES string of the molecule is O=C(NCc1cc(F)cc(F)c1)C1(C(F)(F)F)CCN(Cc2ccccc2)C1. The standard InChI is InChI=1S/C20H19F5N2O/c21-16-8-15(9-17(22)10-16)11-26-18(28)19(20(23,24)25)6-7-27(13-19)12-14-4-2-1-3-5-14/h1-5,8-10H,6-7,11-13H2,(H,26,28). The summed E-state index contributed by atoms with van der Waals surface area (Å²) in [7, 11) is 0. The second-order valence-electron chi connectivity index (χ2n) is 6.99. The molecule has 1 heterocycles. The number of rotatable bonds is 5. The molecule has 1 unspecified atom stereocenters.